The second kappa shape index (κ2) is 5.21. The van der Waals surface area contributed by atoms with Crippen LogP contribution in [0.4, 0.5) is 0 Å². The number of esters is 1. The number of carbonyl (C=O) groups is 1. The SMILES string of the molecule is CC1CCC(C(=O)Oc2ccc(O)cc2)CC1. The summed E-state index contributed by atoms with van der Waals surface area (Å²) in [5.41, 5.74) is 0. The van der Waals surface area contributed by atoms with Crippen molar-refractivity contribution in [3.63, 3.8) is 0 Å². The Morgan fingerprint density at radius 2 is 1.76 bits per heavy atom. The van der Waals surface area contributed by atoms with Crippen LogP contribution < -0.4 is 4.74 Å². The minimum absolute atomic E-state index is 0.0417. The molecule has 0 heterocycles. The number of benzene rings is 1. The molecular weight excluding hydrogens is 216 g/mol. The summed E-state index contributed by atoms with van der Waals surface area (Å²) in [5.74, 6) is 1.32. The number of carbonyl (C=O) groups excluding carboxylic acids is 1. The summed E-state index contributed by atoms with van der Waals surface area (Å²) in [6, 6.07) is 6.26. The first-order chi connectivity index (χ1) is 8.15. The van der Waals surface area contributed by atoms with Gasteiger partial charge in [0.2, 0.25) is 0 Å². The van der Waals surface area contributed by atoms with Gasteiger partial charge in [0.25, 0.3) is 0 Å². The number of hydrogen-bond donors (Lipinski definition) is 1. The highest BCUT2D eigenvalue weighted by atomic mass is 16.5. The van der Waals surface area contributed by atoms with Crippen LogP contribution >= 0.6 is 0 Å². The van der Waals surface area contributed by atoms with Crippen molar-refractivity contribution in [2.24, 2.45) is 11.8 Å². The van der Waals surface area contributed by atoms with E-state index in [2.05, 4.69) is 6.92 Å². The summed E-state index contributed by atoms with van der Waals surface area (Å²) in [4.78, 5) is 11.9. The fourth-order valence-electron chi connectivity index (χ4n) is 2.21. The van der Waals surface area contributed by atoms with Crippen LogP contribution in [0.1, 0.15) is 32.6 Å². The Labute approximate surface area is 101 Å². The maximum atomic E-state index is 11.9. The normalized spacial score (nSPS) is 24.3. The Balaban J connectivity index is 1.90. The first kappa shape index (κ1) is 12.0. The van der Waals surface area contributed by atoms with E-state index in [-0.39, 0.29) is 17.6 Å². The average Bonchev–Trinajstić information content (AvgIpc) is 2.33. The predicted molar refractivity (Wildman–Crippen MR) is 64.9 cm³/mol. The van der Waals surface area contributed by atoms with Gasteiger partial charge >= 0.3 is 5.97 Å². The number of hydrogen-bond acceptors (Lipinski definition) is 3. The lowest BCUT2D eigenvalue weighted by atomic mass is 9.83. The molecular formula is C14H18O3. The number of rotatable bonds is 2. The summed E-state index contributed by atoms with van der Waals surface area (Å²) in [5, 5.41) is 9.13. The van der Waals surface area contributed by atoms with Gasteiger partial charge < -0.3 is 9.84 Å². The Hall–Kier alpha value is -1.51. The lowest BCUT2D eigenvalue weighted by Gasteiger charge is -2.24. The summed E-state index contributed by atoms with van der Waals surface area (Å²) in [6.45, 7) is 2.22. The Morgan fingerprint density at radius 1 is 1.18 bits per heavy atom. The van der Waals surface area contributed by atoms with E-state index in [0.29, 0.717) is 5.75 Å². The van der Waals surface area contributed by atoms with Crippen LogP contribution in [0.5, 0.6) is 11.5 Å². The van der Waals surface area contributed by atoms with E-state index in [1.807, 2.05) is 0 Å². The molecule has 0 spiro atoms. The summed E-state index contributed by atoms with van der Waals surface area (Å²) in [6.07, 6.45) is 4.07. The molecule has 0 radical (unpaired) electrons. The molecule has 2 rings (SSSR count). The molecule has 0 aliphatic heterocycles. The van der Waals surface area contributed by atoms with E-state index in [4.69, 9.17) is 9.84 Å². The smallest absolute Gasteiger partial charge is 0.314 e. The molecule has 0 atom stereocenters. The maximum Gasteiger partial charge on any atom is 0.314 e. The molecule has 1 fully saturated rings. The third-order valence-electron chi connectivity index (χ3n) is 3.40. The quantitative estimate of drug-likeness (QED) is 0.631. The Morgan fingerprint density at radius 3 is 2.35 bits per heavy atom. The van der Waals surface area contributed by atoms with Crippen molar-refractivity contribution < 1.29 is 14.6 Å². The number of ether oxygens (including phenoxy) is 1. The first-order valence-corrected chi connectivity index (χ1v) is 6.16. The number of phenols is 1. The van der Waals surface area contributed by atoms with Gasteiger partial charge in [-0.2, -0.15) is 0 Å². The number of aromatic hydroxyl groups is 1. The highest BCUT2D eigenvalue weighted by molar-refractivity contribution is 5.75. The molecule has 1 saturated carbocycles. The van der Waals surface area contributed by atoms with E-state index in [0.717, 1.165) is 31.6 Å². The second-order valence-corrected chi connectivity index (χ2v) is 4.87. The molecule has 1 aromatic rings. The van der Waals surface area contributed by atoms with Gasteiger partial charge in [0, 0.05) is 0 Å². The minimum Gasteiger partial charge on any atom is -0.508 e. The molecule has 17 heavy (non-hydrogen) atoms. The van der Waals surface area contributed by atoms with Gasteiger partial charge in [-0.25, -0.2) is 0 Å². The number of phenolic OH excluding ortho intramolecular Hbond substituents is 1. The second-order valence-electron chi connectivity index (χ2n) is 4.87. The van der Waals surface area contributed by atoms with Gasteiger partial charge in [-0.3, -0.25) is 4.79 Å². The monoisotopic (exact) mass is 234 g/mol. The molecule has 0 amide bonds. The van der Waals surface area contributed by atoms with Crippen LogP contribution in [0, 0.1) is 11.8 Å². The third-order valence-corrected chi connectivity index (χ3v) is 3.40. The largest absolute Gasteiger partial charge is 0.508 e. The molecule has 1 aliphatic rings. The van der Waals surface area contributed by atoms with Crippen molar-refractivity contribution in [3.05, 3.63) is 24.3 Å². The molecule has 1 aliphatic carbocycles. The zero-order valence-electron chi connectivity index (χ0n) is 10.1. The third kappa shape index (κ3) is 3.22. The van der Waals surface area contributed by atoms with Gasteiger partial charge in [0.1, 0.15) is 11.5 Å². The molecule has 3 heteroatoms. The van der Waals surface area contributed by atoms with Gasteiger partial charge in [-0.15, -0.1) is 0 Å². The van der Waals surface area contributed by atoms with E-state index in [1.165, 1.54) is 12.1 Å². The van der Waals surface area contributed by atoms with E-state index in [1.54, 1.807) is 12.1 Å². The highest BCUT2D eigenvalue weighted by Crippen LogP contribution is 2.29. The lowest BCUT2D eigenvalue weighted by Crippen LogP contribution is -2.24. The van der Waals surface area contributed by atoms with Gasteiger partial charge in [0.15, 0.2) is 0 Å². The van der Waals surface area contributed by atoms with E-state index >= 15 is 0 Å². The van der Waals surface area contributed by atoms with Crippen LogP contribution in [-0.4, -0.2) is 11.1 Å². The summed E-state index contributed by atoms with van der Waals surface area (Å²) >= 11 is 0. The topological polar surface area (TPSA) is 46.5 Å². The van der Waals surface area contributed by atoms with Crippen molar-refractivity contribution in [3.8, 4) is 11.5 Å². The Kier molecular flexibility index (Phi) is 3.67. The van der Waals surface area contributed by atoms with Crippen molar-refractivity contribution in [2.45, 2.75) is 32.6 Å². The van der Waals surface area contributed by atoms with E-state index < -0.39 is 0 Å². The average molecular weight is 234 g/mol. The molecule has 1 N–H and O–H groups in total. The van der Waals surface area contributed by atoms with Crippen molar-refractivity contribution in [1.82, 2.24) is 0 Å². The van der Waals surface area contributed by atoms with Gasteiger partial charge in [0.05, 0.1) is 5.92 Å². The Bertz CT molecular complexity index is 375. The summed E-state index contributed by atoms with van der Waals surface area (Å²) < 4.78 is 5.29. The molecule has 0 aromatic heterocycles. The van der Waals surface area contributed by atoms with Gasteiger partial charge in [-0.05, 0) is 55.9 Å². The van der Waals surface area contributed by atoms with Crippen molar-refractivity contribution in [1.29, 1.82) is 0 Å². The van der Waals surface area contributed by atoms with Crippen LogP contribution in [0.15, 0.2) is 24.3 Å². The zero-order valence-corrected chi connectivity index (χ0v) is 10.1. The summed E-state index contributed by atoms with van der Waals surface area (Å²) in [7, 11) is 0. The van der Waals surface area contributed by atoms with Crippen molar-refractivity contribution in [2.75, 3.05) is 0 Å². The highest BCUT2D eigenvalue weighted by Gasteiger charge is 2.25. The molecule has 0 bridgehead atoms. The maximum absolute atomic E-state index is 11.9. The van der Waals surface area contributed by atoms with Crippen LogP contribution in [-0.2, 0) is 4.79 Å². The van der Waals surface area contributed by atoms with Crippen LogP contribution in [0.3, 0.4) is 0 Å². The van der Waals surface area contributed by atoms with Crippen LogP contribution in [0.25, 0.3) is 0 Å². The fourth-order valence-corrected chi connectivity index (χ4v) is 2.21. The molecule has 3 nitrogen and oxygen atoms in total. The molecule has 92 valence electrons. The molecule has 0 saturated heterocycles. The van der Waals surface area contributed by atoms with E-state index in [9.17, 15) is 4.79 Å². The molecule has 1 aromatic carbocycles. The van der Waals surface area contributed by atoms with Crippen molar-refractivity contribution >= 4 is 5.97 Å². The first-order valence-electron chi connectivity index (χ1n) is 6.16. The lowest BCUT2D eigenvalue weighted by molar-refractivity contribution is -0.140. The predicted octanol–water partition coefficient (Wildman–Crippen LogP) is 3.12. The zero-order chi connectivity index (χ0) is 12.3. The molecule has 0 unspecified atom stereocenters. The minimum atomic E-state index is -0.136. The van der Waals surface area contributed by atoms with Crippen LogP contribution in [0.2, 0.25) is 0 Å². The van der Waals surface area contributed by atoms with Gasteiger partial charge in [-0.1, -0.05) is 6.92 Å². The fraction of sp³-hybridized carbons (Fsp3) is 0.500. The standard InChI is InChI=1S/C14H18O3/c1-10-2-4-11(5-3-10)14(16)17-13-8-6-12(15)7-9-13/h6-11,15H,2-5H2,1H3.